The molecule has 1 spiro atoms. The van der Waals surface area contributed by atoms with Gasteiger partial charge in [0.05, 0.1) is 5.41 Å². The molecule has 0 bridgehead atoms. The predicted molar refractivity (Wildman–Crippen MR) is 274 cm³/mol. The van der Waals surface area contributed by atoms with Gasteiger partial charge in [0.1, 0.15) is 0 Å². The van der Waals surface area contributed by atoms with Gasteiger partial charge in [0.25, 0.3) is 0 Å². The van der Waals surface area contributed by atoms with Gasteiger partial charge in [-0.05, 0) is 89.7 Å². The van der Waals surface area contributed by atoms with Crippen LogP contribution in [0.5, 0.6) is 0 Å². The number of fused-ring (bicyclic) bond motifs is 14. The van der Waals surface area contributed by atoms with Gasteiger partial charge in [0, 0.05) is 36.9 Å². The molecule has 306 valence electrons. The first-order valence-electron chi connectivity index (χ1n) is 22.5. The van der Waals surface area contributed by atoms with Gasteiger partial charge in [-0.25, -0.2) is 15.0 Å². The lowest BCUT2D eigenvalue weighted by molar-refractivity contribution is 0.794. The molecule has 2 aliphatic rings. The molecule has 0 radical (unpaired) electrons. The highest BCUT2D eigenvalue weighted by atomic mass is 32.1. The standard InChI is InChI=1S/C62H37N3S/c1-2-16-43-38(14-1)15-11-21-44(43)39-30-34-41(35-31-39)59-63-60(42-36-32-40(33-37-42)45-22-13-29-56-57(45)50-20-6-10-28-55(50)66-56)65-61(64-59)51-24-12-23-49-48-19-5-9-27-54(48)62(58(49)51)52-25-7-3-17-46(52)47-18-4-8-26-53(47)62/h1-37H. The first-order chi connectivity index (χ1) is 32.7. The molecule has 12 aromatic rings. The van der Waals surface area contributed by atoms with Crippen molar-refractivity contribution >= 4 is 42.3 Å². The molecule has 66 heavy (non-hydrogen) atoms. The molecule has 0 atom stereocenters. The van der Waals surface area contributed by atoms with E-state index in [1.807, 2.05) is 11.3 Å². The predicted octanol–water partition coefficient (Wildman–Crippen LogP) is 16.1. The zero-order valence-electron chi connectivity index (χ0n) is 35.6. The Morgan fingerprint density at radius 2 is 0.712 bits per heavy atom. The highest BCUT2D eigenvalue weighted by molar-refractivity contribution is 7.25. The minimum Gasteiger partial charge on any atom is -0.208 e. The molecule has 0 N–H and O–H groups in total. The Bertz CT molecular complexity index is 3870. The Labute approximate surface area is 386 Å². The molecule has 2 aliphatic carbocycles. The van der Waals surface area contributed by atoms with Crippen LogP contribution in [0.4, 0.5) is 0 Å². The summed E-state index contributed by atoms with van der Waals surface area (Å²) in [6.45, 7) is 0. The van der Waals surface area contributed by atoms with Crippen molar-refractivity contribution in [3.05, 3.63) is 247 Å². The number of hydrogen-bond donors (Lipinski definition) is 0. The van der Waals surface area contributed by atoms with E-state index in [0.717, 1.165) is 27.8 Å². The molecule has 0 saturated carbocycles. The first-order valence-corrected chi connectivity index (χ1v) is 23.3. The fraction of sp³-hybridized carbons (Fsp3) is 0.0161. The Morgan fingerprint density at radius 3 is 1.39 bits per heavy atom. The summed E-state index contributed by atoms with van der Waals surface area (Å²) < 4.78 is 2.59. The molecule has 3 nitrogen and oxygen atoms in total. The lowest BCUT2D eigenvalue weighted by atomic mass is 9.69. The van der Waals surface area contributed by atoms with Crippen LogP contribution in [0.2, 0.25) is 0 Å². The minimum absolute atomic E-state index is 0.558. The summed E-state index contributed by atoms with van der Waals surface area (Å²) in [5, 5.41) is 5.04. The maximum atomic E-state index is 5.47. The van der Waals surface area contributed by atoms with Crippen molar-refractivity contribution in [1.29, 1.82) is 0 Å². The molecule has 2 heterocycles. The van der Waals surface area contributed by atoms with Crippen LogP contribution in [-0.4, -0.2) is 15.0 Å². The minimum atomic E-state index is -0.558. The third kappa shape index (κ3) is 5.34. The average Bonchev–Trinajstić information content (AvgIpc) is 4.03. The largest absolute Gasteiger partial charge is 0.208 e. The normalized spacial score (nSPS) is 13.0. The van der Waals surface area contributed by atoms with E-state index in [0.29, 0.717) is 17.5 Å². The van der Waals surface area contributed by atoms with Gasteiger partial charge < -0.3 is 0 Å². The van der Waals surface area contributed by atoms with Gasteiger partial charge >= 0.3 is 0 Å². The van der Waals surface area contributed by atoms with Crippen molar-refractivity contribution in [3.8, 4) is 78.7 Å². The van der Waals surface area contributed by atoms with E-state index in [2.05, 4.69) is 224 Å². The van der Waals surface area contributed by atoms with Gasteiger partial charge in [-0.15, -0.1) is 11.3 Å². The van der Waals surface area contributed by atoms with E-state index in [1.165, 1.54) is 86.6 Å². The number of aromatic nitrogens is 3. The smallest absolute Gasteiger partial charge is 0.164 e. The lowest BCUT2D eigenvalue weighted by Crippen LogP contribution is -2.26. The summed E-state index contributed by atoms with van der Waals surface area (Å²) in [7, 11) is 0. The molecule has 2 aromatic heterocycles. The molecule has 0 amide bonds. The molecule has 0 unspecified atom stereocenters. The van der Waals surface area contributed by atoms with Crippen LogP contribution in [-0.2, 0) is 5.41 Å². The maximum Gasteiger partial charge on any atom is 0.164 e. The van der Waals surface area contributed by atoms with Crippen molar-refractivity contribution < 1.29 is 0 Å². The SMILES string of the molecule is c1ccc2c(c1)-c1ccccc1C21c2ccccc2-c2cccc(-c3nc(-c4ccc(-c5cccc6ccccc56)cc4)nc(-c4ccc(-c5cccc6sc7ccccc7c56)cc4)n3)c21. The molecular weight excluding hydrogens is 819 g/mol. The lowest BCUT2D eigenvalue weighted by Gasteiger charge is -2.31. The second-order valence-corrected chi connectivity index (χ2v) is 18.5. The van der Waals surface area contributed by atoms with Crippen LogP contribution in [0.25, 0.3) is 110 Å². The Balaban J connectivity index is 0.974. The summed E-state index contributed by atoms with van der Waals surface area (Å²) in [5.41, 5.74) is 17.1. The van der Waals surface area contributed by atoms with Crippen LogP contribution in [0, 0.1) is 0 Å². The monoisotopic (exact) mass is 855 g/mol. The zero-order chi connectivity index (χ0) is 43.3. The molecule has 0 fully saturated rings. The van der Waals surface area contributed by atoms with Crippen molar-refractivity contribution in [2.75, 3.05) is 0 Å². The third-order valence-electron chi connectivity index (χ3n) is 14.0. The molecule has 4 heteroatoms. The number of nitrogens with zero attached hydrogens (tertiary/aromatic N) is 3. The summed E-state index contributed by atoms with van der Waals surface area (Å²) in [6.07, 6.45) is 0. The maximum absolute atomic E-state index is 5.47. The Hall–Kier alpha value is -8.31. The summed E-state index contributed by atoms with van der Waals surface area (Å²) in [4.78, 5) is 16.2. The van der Waals surface area contributed by atoms with Crippen LogP contribution >= 0.6 is 11.3 Å². The van der Waals surface area contributed by atoms with Crippen LogP contribution < -0.4 is 0 Å². The van der Waals surface area contributed by atoms with Gasteiger partial charge in [0.15, 0.2) is 17.5 Å². The van der Waals surface area contributed by atoms with E-state index < -0.39 is 5.41 Å². The number of rotatable bonds is 5. The number of hydrogen-bond acceptors (Lipinski definition) is 4. The van der Waals surface area contributed by atoms with E-state index >= 15 is 0 Å². The quantitative estimate of drug-likeness (QED) is 0.173. The summed E-state index contributed by atoms with van der Waals surface area (Å²) in [5.74, 6) is 1.92. The fourth-order valence-corrected chi connectivity index (χ4v) is 12.3. The van der Waals surface area contributed by atoms with Crippen molar-refractivity contribution in [2.45, 2.75) is 5.41 Å². The van der Waals surface area contributed by atoms with Gasteiger partial charge in [-0.3, -0.25) is 0 Å². The topological polar surface area (TPSA) is 38.7 Å². The molecule has 10 aromatic carbocycles. The Morgan fingerprint density at radius 1 is 0.288 bits per heavy atom. The highest BCUT2D eigenvalue weighted by Gasteiger charge is 2.52. The van der Waals surface area contributed by atoms with Crippen LogP contribution in [0.1, 0.15) is 22.3 Å². The summed E-state index contributed by atoms with van der Waals surface area (Å²) >= 11 is 1.85. The van der Waals surface area contributed by atoms with E-state index in [-0.39, 0.29) is 0 Å². The molecule has 0 aliphatic heterocycles. The second-order valence-electron chi connectivity index (χ2n) is 17.4. The summed E-state index contributed by atoms with van der Waals surface area (Å²) in [6, 6.07) is 81.4. The zero-order valence-corrected chi connectivity index (χ0v) is 36.4. The fourth-order valence-electron chi connectivity index (χ4n) is 11.2. The second kappa shape index (κ2) is 14.3. The Kier molecular flexibility index (Phi) is 8.07. The van der Waals surface area contributed by atoms with E-state index in [4.69, 9.17) is 15.0 Å². The van der Waals surface area contributed by atoms with E-state index in [1.54, 1.807) is 0 Å². The van der Waals surface area contributed by atoms with Crippen LogP contribution in [0.3, 0.4) is 0 Å². The van der Waals surface area contributed by atoms with Gasteiger partial charge in [-0.1, -0.05) is 212 Å². The van der Waals surface area contributed by atoms with Gasteiger partial charge in [0.2, 0.25) is 0 Å². The number of thiophene rings is 1. The molecular formula is C62H37N3S. The van der Waals surface area contributed by atoms with Crippen LogP contribution in [0.15, 0.2) is 224 Å². The van der Waals surface area contributed by atoms with Crippen molar-refractivity contribution in [3.63, 3.8) is 0 Å². The third-order valence-corrected chi connectivity index (χ3v) is 15.1. The van der Waals surface area contributed by atoms with Gasteiger partial charge in [-0.2, -0.15) is 0 Å². The van der Waals surface area contributed by atoms with Crippen molar-refractivity contribution in [1.82, 2.24) is 15.0 Å². The average molecular weight is 856 g/mol. The van der Waals surface area contributed by atoms with Crippen molar-refractivity contribution in [2.24, 2.45) is 0 Å². The first kappa shape index (κ1) is 37.1. The highest BCUT2D eigenvalue weighted by Crippen LogP contribution is 2.64. The number of benzene rings is 10. The van der Waals surface area contributed by atoms with E-state index in [9.17, 15) is 0 Å². The molecule has 0 saturated heterocycles. The molecule has 14 rings (SSSR count).